The van der Waals surface area contributed by atoms with Crippen LogP contribution in [0, 0.1) is 0 Å². The monoisotopic (exact) mass is 281 g/mol. The summed E-state index contributed by atoms with van der Waals surface area (Å²) in [7, 11) is -0.123. The highest BCUT2D eigenvalue weighted by Crippen LogP contribution is 1.85. The zero-order chi connectivity index (χ0) is 11.0. The van der Waals surface area contributed by atoms with Crippen molar-refractivity contribution in [3.05, 3.63) is 18.7 Å². The summed E-state index contributed by atoms with van der Waals surface area (Å²) >= 11 is 0. The summed E-state index contributed by atoms with van der Waals surface area (Å²) in [6.45, 7) is 3.36. The van der Waals surface area contributed by atoms with Crippen LogP contribution in [0.2, 0.25) is 0 Å². The molecule has 3 N–H and O–H groups in total. The minimum Gasteiger partial charge on any atom is -0.402 e. The van der Waals surface area contributed by atoms with Gasteiger partial charge in [0.15, 0.2) is 0 Å². The van der Waals surface area contributed by atoms with E-state index in [1.54, 1.807) is 0 Å². The van der Waals surface area contributed by atoms with Crippen LogP contribution in [0.4, 0.5) is 18.8 Å². The van der Waals surface area contributed by atoms with Gasteiger partial charge in [0.2, 0.25) is 6.33 Å². The fourth-order valence-electron chi connectivity index (χ4n) is 0.975. The molecule has 0 amide bonds. The second kappa shape index (κ2) is 18.2. The molecule has 0 aliphatic heterocycles. The van der Waals surface area contributed by atoms with Crippen molar-refractivity contribution in [2.75, 3.05) is 0 Å². The molecule has 1 heterocycles. The molecular weight excluding hydrogens is 259 g/mol. The average Bonchev–Trinajstić information content (AvgIpc) is 2.47. The van der Waals surface area contributed by atoms with Gasteiger partial charge in [0.05, 0.1) is 13.6 Å². The molecule has 0 saturated carbocycles. The number of unbranched alkanes of at least 4 members (excludes halogenated alkanes) is 1. The molecule has 18 heavy (non-hydrogen) atoms. The lowest BCUT2D eigenvalue weighted by molar-refractivity contribution is -0.696. The Bertz CT molecular complexity index is 251. The van der Waals surface area contributed by atoms with Crippen LogP contribution in [-0.2, 0) is 13.6 Å². The molecule has 1 aromatic rings. The number of aromatic nitrogens is 2. The maximum Gasteiger partial charge on any atom is 0.631 e. The standard InChI is InChI=1S/C8H15N2.BH3O3.4FH/c1-3-4-5-10-7-6-9(2)8-10;2-1(3)4;;;;/h6-8H,3-5H2,1-2H3;2-4H;4*1H/q+1;;;;;. The highest BCUT2D eigenvalue weighted by atomic mass is 19.0. The van der Waals surface area contributed by atoms with Gasteiger partial charge in [-0.3, -0.25) is 18.8 Å². The van der Waals surface area contributed by atoms with Crippen LogP contribution >= 0.6 is 0 Å². The fourth-order valence-corrected chi connectivity index (χ4v) is 0.975. The summed E-state index contributed by atoms with van der Waals surface area (Å²) in [5, 5.41) is 21.5. The minimum absolute atomic E-state index is 0. The van der Waals surface area contributed by atoms with Crippen LogP contribution in [0.1, 0.15) is 19.8 Å². The highest BCUT2D eigenvalue weighted by Gasteiger charge is 1.96. The Labute approximate surface area is 103 Å². The van der Waals surface area contributed by atoms with Gasteiger partial charge in [-0.15, -0.1) is 0 Å². The van der Waals surface area contributed by atoms with Crippen LogP contribution in [0.25, 0.3) is 0 Å². The van der Waals surface area contributed by atoms with Gasteiger partial charge in [-0.2, -0.15) is 0 Å². The highest BCUT2D eigenvalue weighted by molar-refractivity contribution is 6.30. The zero-order valence-electron chi connectivity index (χ0n) is 10.3. The quantitative estimate of drug-likeness (QED) is 0.404. The third kappa shape index (κ3) is 20.3. The van der Waals surface area contributed by atoms with Gasteiger partial charge in [-0.1, -0.05) is 13.3 Å². The largest absolute Gasteiger partial charge is 0.631 e. The maximum absolute atomic E-state index is 7.17. The number of aryl methyl sites for hydroxylation is 2. The molecule has 112 valence electrons. The first-order valence-corrected chi connectivity index (χ1v) is 4.61. The van der Waals surface area contributed by atoms with Crippen molar-refractivity contribution in [2.45, 2.75) is 26.3 Å². The van der Waals surface area contributed by atoms with Crippen LogP contribution in [-0.4, -0.2) is 27.0 Å². The van der Waals surface area contributed by atoms with E-state index in [0.29, 0.717) is 0 Å². The predicted octanol–water partition coefficient (Wildman–Crippen LogP) is -0.329. The van der Waals surface area contributed by atoms with E-state index in [0.717, 1.165) is 6.54 Å². The number of nitrogens with zero attached hydrogens (tertiary/aromatic N) is 2. The average molecular weight is 281 g/mol. The van der Waals surface area contributed by atoms with Gasteiger partial charge < -0.3 is 15.1 Å². The molecule has 0 bridgehead atoms. The summed E-state index contributed by atoms with van der Waals surface area (Å²) in [6, 6.07) is 0. The van der Waals surface area contributed by atoms with Gasteiger partial charge in [-0.25, -0.2) is 9.13 Å². The van der Waals surface area contributed by atoms with Crippen molar-refractivity contribution < 1.29 is 38.5 Å². The van der Waals surface area contributed by atoms with Crippen LogP contribution in [0.3, 0.4) is 0 Å². The van der Waals surface area contributed by atoms with Crippen molar-refractivity contribution >= 4 is 7.32 Å². The van der Waals surface area contributed by atoms with Gasteiger partial charge in [0.1, 0.15) is 12.4 Å². The van der Waals surface area contributed by atoms with E-state index < -0.39 is 7.32 Å². The van der Waals surface area contributed by atoms with Gasteiger partial charge in [0, 0.05) is 0 Å². The lowest BCUT2D eigenvalue weighted by atomic mass is 10.3. The molecule has 0 unspecified atom stereocenters. The predicted molar refractivity (Wildman–Crippen MR) is 62.9 cm³/mol. The van der Waals surface area contributed by atoms with Crippen LogP contribution in [0.15, 0.2) is 18.7 Å². The minimum atomic E-state index is -2.17. The number of rotatable bonds is 3. The molecule has 0 atom stereocenters. The second-order valence-corrected chi connectivity index (χ2v) is 3.02. The Hall–Kier alpha value is -1.13. The van der Waals surface area contributed by atoms with E-state index in [9.17, 15) is 0 Å². The molecule has 0 aliphatic carbocycles. The number of halogens is 4. The Balaban J connectivity index is -0.0000000635. The van der Waals surface area contributed by atoms with E-state index in [1.807, 2.05) is 7.05 Å². The van der Waals surface area contributed by atoms with Crippen molar-refractivity contribution in [1.29, 1.82) is 0 Å². The Kier molecular flexibility index (Phi) is 30.6. The second-order valence-electron chi connectivity index (χ2n) is 3.02. The van der Waals surface area contributed by atoms with Gasteiger partial charge in [0.25, 0.3) is 0 Å². The third-order valence-corrected chi connectivity index (χ3v) is 1.59. The summed E-state index contributed by atoms with van der Waals surface area (Å²) in [5.41, 5.74) is 0. The van der Waals surface area contributed by atoms with Crippen LogP contribution < -0.4 is 4.57 Å². The molecule has 0 aliphatic rings. The SMILES string of the molecule is CCCC[n+]1ccn(C)c1.F.F.F.F.OB(O)O. The molecular formula is C8H22BF4N2O3+. The van der Waals surface area contributed by atoms with E-state index in [4.69, 9.17) is 15.1 Å². The Morgan fingerprint density at radius 1 is 1.11 bits per heavy atom. The topological polar surface area (TPSA) is 69.5 Å². The van der Waals surface area contributed by atoms with E-state index in [2.05, 4.69) is 34.8 Å². The normalized spacial score (nSPS) is 7.17. The van der Waals surface area contributed by atoms with Crippen LogP contribution in [0.5, 0.6) is 0 Å². The molecule has 0 saturated heterocycles. The molecule has 0 fully saturated rings. The lowest BCUT2D eigenvalue weighted by Gasteiger charge is -1.90. The Morgan fingerprint density at radius 2 is 1.56 bits per heavy atom. The zero-order valence-corrected chi connectivity index (χ0v) is 10.3. The molecule has 0 radical (unpaired) electrons. The van der Waals surface area contributed by atoms with Crippen molar-refractivity contribution in [3.63, 3.8) is 0 Å². The summed E-state index contributed by atoms with van der Waals surface area (Å²) in [4.78, 5) is 0. The van der Waals surface area contributed by atoms with Crippen molar-refractivity contribution in [2.24, 2.45) is 7.05 Å². The fraction of sp³-hybridized carbons (Fsp3) is 0.625. The van der Waals surface area contributed by atoms with Crippen molar-refractivity contribution in [3.8, 4) is 0 Å². The molecule has 1 aromatic heterocycles. The van der Waals surface area contributed by atoms with Crippen molar-refractivity contribution in [1.82, 2.24) is 4.57 Å². The molecule has 5 nitrogen and oxygen atoms in total. The lowest BCUT2D eigenvalue weighted by Crippen LogP contribution is -2.30. The first-order chi connectivity index (χ1) is 6.56. The van der Waals surface area contributed by atoms with Gasteiger partial charge in [-0.05, 0) is 6.42 Å². The maximum atomic E-state index is 7.17. The number of imidazole rings is 1. The summed E-state index contributed by atoms with van der Waals surface area (Å²) in [6.07, 6.45) is 8.82. The summed E-state index contributed by atoms with van der Waals surface area (Å²) in [5.74, 6) is 0. The Morgan fingerprint density at radius 3 is 1.83 bits per heavy atom. The third-order valence-electron chi connectivity index (χ3n) is 1.59. The van der Waals surface area contributed by atoms with Gasteiger partial charge >= 0.3 is 7.32 Å². The summed E-state index contributed by atoms with van der Waals surface area (Å²) < 4.78 is 4.28. The number of hydrogen-bond donors (Lipinski definition) is 3. The molecule has 1 rings (SSSR count). The smallest absolute Gasteiger partial charge is 0.402 e. The molecule has 0 spiro atoms. The van der Waals surface area contributed by atoms with E-state index >= 15 is 0 Å². The number of hydrogen-bond acceptors (Lipinski definition) is 3. The van der Waals surface area contributed by atoms with E-state index in [-0.39, 0.29) is 18.8 Å². The molecule has 0 aromatic carbocycles. The van der Waals surface area contributed by atoms with E-state index in [1.165, 1.54) is 12.8 Å². The first-order valence-electron chi connectivity index (χ1n) is 4.61. The molecule has 10 heteroatoms. The first kappa shape index (κ1) is 30.2.